The molecule has 2 aromatic heterocycles. The highest BCUT2D eigenvalue weighted by molar-refractivity contribution is 6.08. The Morgan fingerprint density at radius 1 is 1.07 bits per heavy atom. The van der Waals surface area contributed by atoms with Crippen molar-refractivity contribution < 1.29 is 27.9 Å². The van der Waals surface area contributed by atoms with Crippen molar-refractivity contribution in [1.29, 1.82) is 0 Å². The number of ether oxygens (including phenoxy) is 2. The van der Waals surface area contributed by atoms with Crippen LogP contribution in [0.2, 0.25) is 0 Å². The number of carbonyl (C=O) groups excluding carboxylic acids is 2. The van der Waals surface area contributed by atoms with Gasteiger partial charge in [0.1, 0.15) is 28.2 Å². The van der Waals surface area contributed by atoms with Crippen molar-refractivity contribution in [2.45, 2.75) is 20.0 Å². The zero-order valence-electron chi connectivity index (χ0n) is 16.1. The van der Waals surface area contributed by atoms with Crippen molar-refractivity contribution in [3.8, 4) is 5.75 Å². The molecular weight excluding hydrogens is 374 g/mol. The fourth-order valence-corrected chi connectivity index (χ4v) is 3.13. The van der Waals surface area contributed by atoms with Gasteiger partial charge in [-0.05, 0) is 32.0 Å². The molecule has 0 aliphatic rings. The first-order valence-electron chi connectivity index (χ1n) is 9.03. The highest BCUT2D eigenvalue weighted by atomic mass is 16.5. The number of rotatable bonds is 5. The van der Waals surface area contributed by atoms with E-state index >= 15 is 0 Å². The van der Waals surface area contributed by atoms with E-state index in [9.17, 15) is 9.59 Å². The molecule has 0 fully saturated rings. The topological polar surface area (TPSA) is 90.9 Å². The molecule has 0 unspecified atom stereocenters. The molecule has 1 amide bonds. The molecule has 1 atom stereocenters. The summed E-state index contributed by atoms with van der Waals surface area (Å²) in [6.07, 6.45) is 0.372. The Balaban J connectivity index is 1.57. The van der Waals surface area contributed by atoms with Crippen LogP contribution in [0.1, 0.15) is 23.0 Å². The third kappa shape index (κ3) is 3.42. The Kier molecular flexibility index (Phi) is 4.72. The van der Waals surface area contributed by atoms with Crippen LogP contribution < -0.4 is 10.1 Å². The molecule has 0 radical (unpaired) electrons. The number of furan rings is 2. The molecule has 0 aliphatic heterocycles. The van der Waals surface area contributed by atoms with Crippen molar-refractivity contribution >= 4 is 39.5 Å². The van der Waals surface area contributed by atoms with Gasteiger partial charge in [-0.15, -0.1) is 0 Å². The molecule has 0 saturated carbocycles. The van der Waals surface area contributed by atoms with Crippen molar-refractivity contribution in [2.24, 2.45) is 0 Å². The number of fused-ring (bicyclic) bond motifs is 3. The summed E-state index contributed by atoms with van der Waals surface area (Å²) in [6.45, 7) is 3.14. The first-order valence-corrected chi connectivity index (χ1v) is 9.03. The maximum absolute atomic E-state index is 12.6. The molecule has 0 bridgehead atoms. The van der Waals surface area contributed by atoms with Crippen LogP contribution in [0.25, 0.3) is 21.9 Å². The Morgan fingerprint density at radius 3 is 2.59 bits per heavy atom. The van der Waals surface area contributed by atoms with E-state index in [1.807, 2.05) is 30.3 Å². The monoisotopic (exact) mass is 393 g/mol. The van der Waals surface area contributed by atoms with E-state index in [0.29, 0.717) is 22.8 Å². The Hall–Kier alpha value is -3.74. The summed E-state index contributed by atoms with van der Waals surface area (Å²) in [7, 11) is 1.52. The normalized spacial score (nSPS) is 12.1. The molecule has 7 nitrogen and oxygen atoms in total. The predicted molar refractivity (Wildman–Crippen MR) is 107 cm³/mol. The summed E-state index contributed by atoms with van der Waals surface area (Å²) in [4.78, 5) is 24.8. The second-order valence-corrected chi connectivity index (χ2v) is 6.57. The molecule has 0 spiro atoms. The molecule has 4 aromatic rings. The second-order valence-electron chi connectivity index (χ2n) is 6.57. The Morgan fingerprint density at radius 2 is 1.86 bits per heavy atom. The van der Waals surface area contributed by atoms with Crippen LogP contribution in [0.15, 0.2) is 57.6 Å². The van der Waals surface area contributed by atoms with Crippen LogP contribution in [0, 0.1) is 6.92 Å². The van der Waals surface area contributed by atoms with Crippen LogP contribution in [-0.4, -0.2) is 25.1 Å². The highest BCUT2D eigenvalue weighted by Crippen LogP contribution is 2.36. The summed E-state index contributed by atoms with van der Waals surface area (Å²) in [5, 5.41) is 4.57. The number of nitrogens with one attached hydrogen (secondary N) is 1. The van der Waals surface area contributed by atoms with E-state index in [0.717, 1.165) is 16.4 Å². The van der Waals surface area contributed by atoms with Gasteiger partial charge in [0.15, 0.2) is 6.10 Å². The van der Waals surface area contributed by atoms with Crippen LogP contribution in [-0.2, 0) is 9.53 Å². The predicted octanol–water partition coefficient (Wildman–Crippen LogP) is 4.68. The molecular formula is C22H19NO6. The smallest absolute Gasteiger partial charge is 0.342 e. The second kappa shape index (κ2) is 7.35. The fraction of sp³-hybridized carbons (Fsp3) is 0.182. The van der Waals surface area contributed by atoms with E-state index in [-0.39, 0.29) is 5.56 Å². The van der Waals surface area contributed by atoms with E-state index < -0.39 is 18.0 Å². The van der Waals surface area contributed by atoms with Crippen molar-refractivity contribution in [1.82, 2.24) is 0 Å². The molecule has 1 N–H and O–H groups in total. The number of esters is 1. The van der Waals surface area contributed by atoms with Gasteiger partial charge in [0.25, 0.3) is 5.91 Å². The van der Waals surface area contributed by atoms with Crippen LogP contribution in [0.5, 0.6) is 5.75 Å². The lowest BCUT2D eigenvalue weighted by molar-refractivity contribution is -0.123. The number of carbonyl (C=O) groups is 2. The van der Waals surface area contributed by atoms with Gasteiger partial charge in [-0.2, -0.15) is 0 Å². The average molecular weight is 393 g/mol. The number of para-hydroxylation sites is 1. The minimum Gasteiger partial charge on any atom is -0.495 e. The summed E-state index contributed by atoms with van der Waals surface area (Å²) >= 11 is 0. The number of amides is 1. The van der Waals surface area contributed by atoms with Crippen molar-refractivity contribution in [3.05, 3.63) is 60.1 Å². The van der Waals surface area contributed by atoms with Gasteiger partial charge in [-0.25, -0.2) is 4.79 Å². The number of methoxy groups -OCH3 is 1. The summed E-state index contributed by atoms with van der Waals surface area (Å²) in [5.74, 6) is -0.215. The highest BCUT2D eigenvalue weighted by Gasteiger charge is 2.23. The van der Waals surface area contributed by atoms with E-state index in [2.05, 4.69) is 5.32 Å². The first kappa shape index (κ1) is 18.6. The van der Waals surface area contributed by atoms with E-state index in [1.165, 1.54) is 26.4 Å². The quantitative estimate of drug-likeness (QED) is 0.495. The minimum absolute atomic E-state index is 0.283. The summed E-state index contributed by atoms with van der Waals surface area (Å²) in [5.41, 5.74) is 2.06. The Bertz CT molecular complexity index is 1220. The summed E-state index contributed by atoms with van der Waals surface area (Å²) < 4.78 is 21.6. The van der Waals surface area contributed by atoms with Gasteiger partial charge in [-0.1, -0.05) is 18.2 Å². The van der Waals surface area contributed by atoms with Gasteiger partial charge in [0.2, 0.25) is 0 Å². The standard InChI is InChI=1S/C22H19NO6/c1-12-14(8-9-27-12)22(25)28-13(2)21(24)23-17-11-19-16(10-20(17)26-3)15-6-4-5-7-18(15)29-19/h4-11,13H,1-3H3,(H,23,24)/t13-/m1/s1. The molecule has 29 heavy (non-hydrogen) atoms. The van der Waals surface area contributed by atoms with Gasteiger partial charge < -0.3 is 23.6 Å². The zero-order chi connectivity index (χ0) is 20.5. The number of hydrogen-bond donors (Lipinski definition) is 1. The lowest BCUT2D eigenvalue weighted by Crippen LogP contribution is -2.30. The number of aryl methyl sites for hydroxylation is 1. The van der Waals surface area contributed by atoms with Gasteiger partial charge >= 0.3 is 5.97 Å². The van der Waals surface area contributed by atoms with Crippen LogP contribution >= 0.6 is 0 Å². The van der Waals surface area contributed by atoms with Gasteiger partial charge in [0, 0.05) is 16.8 Å². The SMILES string of the molecule is COc1cc2c(cc1NC(=O)[C@@H](C)OC(=O)c1ccoc1C)oc1ccccc12. The lowest BCUT2D eigenvalue weighted by atomic mass is 10.1. The average Bonchev–Trinajstić information content (AvgIpc) is 3.30. The van der Waals surface area contributed by atoms with Crippen molar-refractivity contribution in [3.63, 3.8) is 0 Å². The number of hydrogen-bond acceptors (Lipinski definition) is 6. The molecule has 148 valence electrons. The molecule has 4 rings (SSSR count). The lowest BCUT2D eigenvalue weighted by Gasteiger charge is -2.15. The third-order valence-electron chi connectivity index (χ3n) is 4.69. The molecule has 7 heteroatoms. The minimum atomic E-state index is -1.02. The summed E-state index contributed by atoms with van der Waals surface area (Å²) in [6, 6.07) is 12.7. The Labute approximate surface area is 166 Å². The number of anilines is 1. The largest absolute Gasteiger partial charge is 0.495 e. The maximum atomic E-state index is 12.6. The third-order valence-corrected chi connectivity index (χ3v) is 4.69. The van der Waals surface area contributed by atoms with E-state index in [1.54, 1.807) is 13.0 Å². The van der Waals surface area contributed by atoms with Gasteiger partial charge in [0.05, 0.1) is 19.1 Å². The van der Waals surface area contributed by atoms with E-state index in [4.69, 9.17) is 18.3 Å². The van der Waals surface area contributed by atoms with Crippen molar-refractivity contribution in [2.75, 3.05) is 12.4 Å². The first-order chi connectivity index (χ1) is 14.0. The molecule has 0 saturated heterocycles. The zero-order valence-corrected chi connectivity index (χ0v) is 16.1. The molecule has 2 heterocycles. The number of benzene rings is 2. The van der Waals surface area contributed by atoms with Gasteiger partial charge in [-0.3, -0.25) is 4.79 Å². The fourth-order valence-electron chi connectivity index (χ4n) is 3.13. The maximum Gasteiger partial charge on any atom is 0.342 e. The molecule has 0 aliphatic carbocycles. The van der Waals surface area contributed by atoms with Crippen LogP contribution in [0.4, 0.5) is 5.69 Å². The van der Waals surface area contributed by atoms with Crippen LogP contribution in [0.3, 0.4) is 0 Å². The molecule has 2 aromatic carbocycles.